The molecule has 1 aliphatic rings. The van der Waals surface area contributed by atoms with Crippen molar-refractivity contribution in [3.8, 4) is 6.07 Å². The van der Waals surface area contributed by atoms with Crippen LogP contribution in [0.25, 0.3) is 10.9 Å². The molecule has 2 aromatic heterocycles. The molecule has 0 unspecified atom stereocenters. The number of likely N-dealkylation sites (tertiary alicyclic amines) is 1. The highest BCUT2D eigenvalue weighted by atomic mass is 16.6. The van der Waals surface area contributed by atoms with Gasteiger partial charge in [0.15, 0.2) is 0 Å². The second kappa shape index (κ2) is 7.59. The van der Waals surface area contributed by atoms with Gasteiger partial charge < -0.3 is 14.6 Å². The van der Waals surface area contributed by atoms with Crippen LogP contribution in [0.4, 0.5) is 11.5 Å². The first-order valence-electron chi connectivity index (χ1n) is 9.12. The molecule has 4 rings (SSSR count). The molecular formula is C20H17N5O4. The molecule has 29 heavy (non-hydrogen) atoms. The van der Waals surface area contributed by atoms with Gasteiger partial charge in [-0.3, -0.25) is 14.9 Å². The monoisotopic (exact) mass is 391 g/mol. The molecule has 1 aromatic carbocycles. The number of amides is 1. The number of carbonyl (C=O) groups is 1. The number of furan rings is 1. The van der Waals surface area contributed by atoms with Gasteiger partial charge in [0, 0.05) is 36.7 Å². The zero-order valence-electron chi connectivity index (χ0n) is 15.4. The molecule has 1 amide bonds. The lowest BCUT2D eigenvalue weighted by Crippen LogP contribution is -2.42. The normalized spacial score (nSPS) is 14.5. The maximum absolute atomic E-state index is 12.4. The predicted octanol–water partition coefficient (Wildman–Crippen LogP) is 3.32. The zero-order valence-corrected chi connectivity index (χ0v) is 15.4. The molecule has 1 N–H and O–H groups in total. The third-order valence-electron chi connectivity index (χ3n) is 5.03. The fourth-order valence-corrected chi connectivity index (χ4v) is 3.50. The number of fused-ring (bicyclic) bond motifs is 1. The number of rotatable bonds is 4. The van der Waals surface area contributed by atoms with Gasteiger partial charge >= 0.3 is 0 Å². The fraction of sp³-hybridized carbons (Fsp3) is 0.250. The number of anilines is 1. The van der Waals surface area contributed by atoms with E-state index in [9.17, 15) is 20.2 Å². The Morgan fingerprint density at radius 2 is 2.10 bits per heavy atom. The molecule has 3 heterocycles. The maximum atomic E-state index is 12.4. The molecule has 9 heteroatoms. The number of non-ortho nitro benzene ring substituents is 1. The lowest BCUT2D eigenvalue weighted by atomic mass is 10.0. The van der Waals surface area contributed by atoms with E-state index in [2.05, 4.69) is 16.4 Å². The largest absolute Gasteiger partial charge is 0.472 e. The van der Waals surface area contributed by atoms with Crippen molar-refractivity contribution in [3.63, 3.8) is 0 Å². The van der Waals surface area contributed by atoms with Crippen molar-refractivity contribution < 1.29 is 14.1 Å². The lowest BCUT2D eigenvalue weighted by molar-refractivity contribution is -0.384. The molecule has 0 spiro atoms. The summed E-state index contributed by atoms with van der Waals surface area (Å²) in [6, 6.07) is 9.74. The Balaban J connectivity index is 1.47. The standard InChI is InChI=1S/C20H17N5O4/c21-11-14-9-19(23-18-2-1-16(25(27)28)10-17(14)18)22-15-3-6-24(7-4-15)20(26)13-5-8-29-12-13/h1-2,5,8-10,12,15H,3-4,6-7H2,(H,22,23). The number of pyridine rings is 1. The third-order valence-corrected chi connectivity index (χ3v) is 5.03. The molecule has 0 radical (unpaired) electrons. The van der Waals surface area contributed by atoms with E-state index in [0.717, 1.165) is 12.8 Å². The molecule has 9 nitrogen and oxygen atoms in total. The van der Waals surface area contributed by atoms with Crippen molar-refractivity contribution in [3.05, 3.63) is 64.1 Å². The Bertz CT molecular complexity index is 1110. The highest BCUT2D eigenvalue weighted by Gasteiger charge is 2.24. The Labute approximate surface area is 165 Å². The van der Waals surface area contributed by atoms with Crippen LogP contribution in [0.3, 0.4) is 0 Å². The molecule has 1 saturated heterocycles. The van der Waals surface area contributed by atoms with Crippen molar-refractivity contribution in [2.45, 2.75) is 18.9 Å². The number of benzene rings is 1. The van der Waals surface area contributed by atoms with Crippen molar-refractivity contribution in [2.75, 3.05) is 18.4 Å². The first-order valence-corrected chi connectivity index (χ1v) is 9.12. The number of piperidine rings is 1. The average molecular weight is 391 g/mol. The zero-order chi connectivity index (χ0) is 20.4. The molecule has 3 aromatic rings. The van der Waals surface area contributed by atoms with Crippen LogP contribution < -0.4 is 5.32 Å². The lowest BCUT2D eigenvalue weighted by Gasteiger charge is -2.32. The highest BCUT2D eigenvalue weighted by molar-refractivity contribution is 5.94. The minimum Gasteiger partial charge on any atom is -0.472 e. The van der Waals surface area contributed by atoms with E-state index in [1.54, 1.807) is 23.1 Å². The smallest absolute Gasteiger partial charge is 0.270 e. The Morgan fingerprint density at radius 1 is 1.31 bits per heavy atom. The van der Waals surface area contributed by atoms with Crippen LogP contribution in [0.5, 0.6) is 0 Å². The number of hydrogen-bond acceptors (Lipinski definition) is 7. The fourth-order valence-electron chi connectivity index (χ4n) is 3.50. The number of nitrogens with zero attached hydrogens (tertiary/aromatic N) is 4. The van der Waals surface area contributed by atoms with Gasteiger partial charge in [0.05, 0.1) is 33.9 Å². The molecule has 0 saturated carbocycles. The van der Waals surface area contributed by atoms with Crippen molar-refractivity contribution in [2.24, 2.45) is 0 Å². The van der Waals surface area contributed by atoms with Gasteiger partial charge in [-0.2, -0.15) is 5.26 Å². The summed E-state index contributed by atoms with van der Waals surface area (Å²) in [5.41, 5.74) is 1.31. The molecule has 0 atom stereocenters. The molecule has 0 aliphatic carbocycles. The maximum Gasteiger partial charge on any atom is 0.270 e. The van der Waals surface area contributed by atoms with Crippen LogP contribution in [-0.2, 0) is 0 Å². The van der Waals surface area contributed by atoms with Crippen LogP contribution >= 0.6 is 0 Å². The third kappa shape index (κ3) is 3.73. The topological polar surface area (TPSA) is 125 Å². The number of aromatic nitrogens is 1. The quantitative estimate of drug-likeness (QED) is 0.534. The predicted molar refractivity (Wildman–Crippen MR) is 104 cm³/mol. The van der Waals surface area contributed by atoms with Gasteiger partial charge in [0.1, 0.15) is 12.1 Å². The molecule has 0 bridgehead atoms. The summed E-state index contributed by atoms with van der Waals surface area (Å²) in [6.45, 7) is 1.21. The SMILES string of the molecule is N#Cc1cc(NC2CCN(C(=O)c3ccoc3)CC2)nc2ccc([N+](=O)[O-])cc12. The van der Waals surface area contributed by atoms with Crippen LogP contribution in [0.2, 0.25) is 0 Å². The molecule has 1 fully saturated rings. The summed E-state index contributed by atoms with van der Waals surface area (Å²) < 4.78 is 4.97. The Hall–Kier alpha value is -3.93. The van der Waals surface area contributed by atoms with Gasteiger partial charge in [0.2, 0.25) is 0 Å². The summed E-state index contributed by atoms with van der Waals surface area (Å²) in [6.07, 6.45) is 4.41. The summed E-state index contributed by atoms with van der Waals surface area (Å²) in [7, 11) is 0. The van der Waals surface area contributed by atoms with Crippen LogP contribution in [-0.4, -0.2) is 39.8 Å². The number of nitro benzene ring substituents is 1. The van der Waals surface area contributed by atoms with E-state index in [-0.39, 0.29) is 17.6 Å². The summed E-state index contributed by atoms with van der Waals surface area (Å²) in [4.78, 5) is 29.1. The second-order valence-corrected chi connectivity index (χ2v) is 6.85. The van der Waals surface area contributed by atoms with E-state index in [4.69, 9.17) is 4.42 Å². The highest BCUT2D eigenvalue weighted by Crippen LogP contribution is 2.26. The van der Waals surface area contributed by atoms with E-state index >= 15 is 0 Å². The van der Waals surface area contributed by atoms with Gasteiger partial charge in [-0.05, 0) is 31.0 Å². The summed E-state index contributed by atoms with van der Waals surface area (Å²) >= 11 is 0. The number of nitriles is 1. The summed E-state index contributed by atoms with van der Waals surface area (Å²) in [5, 5.41) is 24.2. The number of nitrogens with one attached hydrogen (secondary N) is 1. The van der Waals surface area contributed by atoms with Gasteiger partial charge in [0.25, 0.3) is 11.6 Å². The Morgan fingerprint density at radius 3 is 2.76 bits per heavy atom. The van der Waals surface area contributed by atoms with Crippen molar-refractivity contribution >= 4 is 28.3 Å². The van der Waals surface area contributed by atoms with Crippen molar-refractivity contribution in [1.29, 1.82) is 5.26 Å². The average Bonchev–Trinajstić information content (AvgIpc) is 3.27. The van der Waals surface area contributed by atoms with E-state index < -0.39 is 4.92 Å². The van der Waals surface area contributed by atoms with Gasteiger partial charge in [-0.25, -0.2) is 4.98 Å². The number of carbonyl (C=O) groups excluding carboxylic acids is 1. The van der Waals surface area contributed by atoms with Crippen LogP contribution in [0.1, 0.15) is 28.8 Å². The van der Waals surface area contributed by atoms with E-state index in [1.165, 1.54) is 24.7 Å². The van der Waals surface area contributed by atoms with Gasteiger partial charge in [-0.15, -0.1) is 0 Å². The first kappa shape index (κ1) is 18.4. The van der Waals surface area contributed by atoms with Crippen molar-refractivity contribution in [1.82, 2.24) is 9.88 Å². The second-order valence-electron chi connectivity index (χ2n) is 6.85. The molecule has 146 valence electrons. The van der Waals surface area contributed by atoms with Crippen LogP contribution in [0, 0.1) is 21.4 Å². The minimum absolute atomic E-state index is 0.0469. The molecular weight excluding hydrogens is 374 g/mol. The summed E-state index contributed by atoms with van der Waals surface area (Å²) in [5.74, 6) is 0.497. The van der Waals surface area contributed by atoms with E-state index in [0.29, 0.717) is 40.9 Å². The van der Waals surface area contributed by atoms with Crippen LogP contribution in [0.15, 0.2) is 47.3 Å². The number of nitro groups is 1. The molecule has 1 aliphatic heterocycles. The first-order chi connectivity index (χ1) is 14.0. The van der Waals surface area contributed by atoms with E-state index in [1.807, 2.05) is 0 Å². The van der Waals surface area contributed by atoms with Gasteiger partial charge in [-0.1, -0.05) is 0 Å². The number of hydrogen-bond donors (Lipinski definition) is 1. The minimum atomic E-state index is -0.495. The Kier molecular flexibility index (Phi) is 4.83.